The molecule has 0 atom stereocenters. The number of halogens is 2. The molecule has 2 rings (SSSR count). The van der Waals surface area contributed by atoms with Crippen LogP contribution in [0.2, 0.25) is 10.0 Å². The minimum absolute atomic E-state index is 0.242. The summed E-state index contributed by atoms with van der Waals surface area (Å²) >= 11 is 12.0. The van der Waals surface area contributed by atoms with Gasteiger partial charge in [0.25, 0.3) is 0 Å². The molecule has 2 nitrogen and oxygen atoms in total. The highest BCUT2D eigenvalue weighted by molar-refractivity contribution is 6.42. The summed E-state index contributed by atoms with van der Waals surface area (Å²) in [4.78, 5) is 0. The molecule has 0 saturated heterocycles. The van der Waals surface area contributed by atoms with Crippen LogP contribution in [0.15, 0.2) is 18.2 Å². The van der Waals surface area contributed by atoms with E-state index in [1.807, 2.05) is 12.1 Å². The molecule has 0 bridgehead atoms. The van der Waals surface area contributed by atoms with Crippen LogP contribution >= 0.6 is 23.2 Å². The quantitative estimate of drug-likeness (QED) is 0.900. The Labute approximate surface area is 106 Å². The van der Waals surface area contributed by atoms with Crippen LogP contribution < -0.4 is 10.5 Å². The summed E-state index contributed by atoms with van der Waals surface area (Å²) < 4.78 is 5.98. The van der Waals surface area contributed by atoms with Gasteiger partial charge in [-0.1, -0.05) is 29.3 Å². The lowest BCUT2D eigenvalue weighted by atomic mass is 10.0. The van der Waals surface area contributed by atoms with Crippen molar-refractivity contribution in [3.63, 3.8) is 0 Å². The van der Waals surface area contributed by atoms with E-state index in [-0.39, 0.29) is 5.60 Å². The fourth-order valence-electron chi connectivity index (χ4n) is 2.16. The van der Waals surface area contributed by atoms with Crippen molar-refractivity contribution in [1.82, 2.24) is 0 Å². The van der Waals surface area contributed by atoms with Crippen LogP contribution in [0.25, 0.3) is 0 Å². The summed E-state index contributed by atoms with van der Waals surface area (Å²) in [6.45, 7) is 0.524. The van der Waals surface area contributed by atoms with Gasteiger partial charge >= 0.3 is 0 Å². The molecular weight excluding hydrogens is 245 g/mol. The van der Waals surface area contributed by atoms with E-state index in [4.69, 9.17) is 33.7 Å². The lowest BCUT2D eigenvalue weighted by Crippen LogP contribution is -2.40. The first-order valence-electron chi connectivity index (χ1n) is 5.50. The Balaban J connectivity index is 2.22. The monoisotopic (exact) mass is 259 g/mol. The third kappa shape index (κ3) is 2.29. The predicted molar refractivity (Wildman–Crippen MR) is 67.3 cm³/mol. The lowest BCUT2D eigenvalue weighted by Gasteiger charge is -2.29. The van der Waals surface area contributed by atoms with Gasteiger partial charge in [-0.3, -0.25) is 0 Å². The Morgan fingerprint density at radius 1 is 1.25 bits per heavy atom. The van der Waals surface area contributed by atoms with Crippen LogP contribution in [-0.4, -0.2) is 12.1 Å². The van der Waals surface area contributed by atoms with Gasteiger partial charge in [-0.05, 0) is 37.8 Å². The average Bonchev–Trinajstić information content (AvgIpc) is 2.74. The van der Waals surface area contributed by atoms with Crippen LogP contribution in [0.5, 0.6) is 5.75 Å². The van der Waals surface area contributed by atoms with Gasteiger partial charge in [0.1, 0.15) is 16.4 Å². The number of hydrogen-bond donors (Lipinski definition) is 1. The van der Waals surface area contributed by atoms with Crippen molar-refractivity contribution in [1.29, 1.82) is 0 Å². The number of rotatable bonds is 3. The van der Waals surface area contributed by atoms with Crippen LogP contribution in [0.3, 0.4) is 0 Å². The average molecular weight is 260 g/mol. The van der Waals surface area contributed by atoms with Crippen LogP contribution in [0, 0.1) is 0 Å². The van der Waals surface area contributed by atoms with Crippen molar-refractivity contribution in [2.45, 2.75) is 31.3 Å². The Hall–Kier alpha value is -0.440. The number of ether oxygens (including phenoxy) is 1. The Bertz CT molecular complexity index is 375. The highest BCUT2D eigenvalue weighted by atomic mass is 35.5. The van der Waals surface area contributed by atoms with E-state index < -0.39 is 0 Å². The van der Waals surface area contributed by atoms with E-state index in [1.165, 1.54) is 0 Å². The minimum Gasteiger partial charge on any atom is -0.484 e. The molecule has 2 N–H and O–H groups in total. The molecule has 0 aromatic heterocycles. The van der Waals surface area contributed by atoms with Gasteiger partial charge in [0.2, 0.25) is 0 Å². The second-order valence-electron chi connectivity index (χ2n) is 4.25. The fraction of sp³-hybridized carbons (Fsp3) is 0.500. The predicted octanol–water partition coefficient (Wildman–Crippen LogP) is 3.64. The highest BCUT2D eigenvalue weighted by Gasteiger charge is 2.35. The first kappa shape index (κ1) is 12.0. The zero-order valence-electron chi connectivity index (χ0n) is 9.01. The van der Waals surface area contributed by atoms with Gasteiger partial charge in [0, 0.05) is 6.54 Å². The molecule has 1 aromatic rings. The summed E-state index contributed by atoms with van der Waals surface area (Å²) in [5.74, 6) is 0.640. The Morgan fingerprint density at radius 3 is 2.56 bits per heavy atom. The highest BCUT2D eigenvalue weighted by Crippen LogP contribution is 2.38. The van der Waals surface area contributed by atoms with Gasteiger partial charge < -0.3 is 10.5 Å². The molecule has 0 spiro atoms. The van der Waals surface area contributed by atoms with Crippen LogP contribution in [-0.2, 0) is 0 Å². The maximum absolute atomic E-state index is 6.09. The molecule has 1 aromatic carbocycles. The van der Waals surface area contributed by atoms with Crippen molar-refractivity contribution < 1.29 is 4.74 Å². The number of nitrogens with two attached hydrogens (primary N) is 1. The Kier molecular flexibility index (Phi) is 3.63. The SMILES string of the molecule is NCC1(Oc2cccc(Cl)c2Cl)CCCC1. The van der Waals surface area contributed by atoms with Gasteiger partial charge in [0.05, 0.1) is 5.02 Å². The van der Waals surface area contributed by atoms with Gasteiger partial charge in [-0.15, -0.1) is 0 Å². The minimum atomic E-state index is -0.242. The molecular formula is C12H15Cl2NO. The molecule has 1 saturated carbocycles. The van der Waals surface area contributed by atoms with E-state index in [0.29, 0.717) is 22.3 Å². The zero-order chi connectivity index (χ0) is 11.6. The maximum atomic E-state index is 6.09. The lowest BCUT2D eigenvalue weighted by molar-refractivity contribution is 0.0854. The van der Waals surface area contributed by atoms with Crippen molar-refractivity contribution in [2.75, 3.05) is 6.54 Å². The molecule has 16 heavy (non-hydrogen) atoms. The van der Waals surface area contributed by atoms with E-state index in [9.17, 15) is 0 Å². The van der Waals surface area contributed by atoms with Crippen molar-refractivity contribution in [3.05, 3.63) is 28.2 Å². The van der Waals surface area contributed by atoms with Gasteiger partial charge in [-0.2, -0.15) is 0 Å². The number of benzene rings is 1. The third-order valence-corrected chi connectivity index (χ3v) is 3.93. The van der Waals surface area contributed by atoms with Crippen molar-refractivity contribution in [2.24, 2.45) is 5.73 Å². The first-order valence-corrected chi connectivity index (χ1v) is 6.26. The molecule has 0 amide bonds. The van der Waals surface area contributed by atoms with Crippen molar-refractivity contribution >= 4 is 23.2 Å². The second-order valence-corrected chi connectivity index (χ2v) is 5.03. The molecule has 1 aliphatic rings. The summed E-state index contributed by atoms with van der Waals surface area (Å²) in [6.07, 6.45) is 4.31. The molecule has 88 valence electrons. The normalized spacial score (nSPS) is 18.7. The first-order chi connectivity index (χ1) is 7.67. The van der Waals surface area contributed by atoms with E-state index >= 15 is 0 Å². The molecule has 0 unspecified atom stereocenters. The summed E-state index contributed by atoms with van der Waals surface area (Å²) in [7, 11) is 0. The molecule has 0 radical (unpaired) electrons. The standard InChI is InChI=1S/C12H15Cl2NO/c13-9-4-3-5-10(11(9)14)16-12(8-15)6-1-2-7-12/h3-5H,1-2,6-8,15H2. The summed E-state index contributed by atoms with van der Waals surface area (Å²) in [6, 6.07) is 5.42. The summed E-state index contributed by atoms with van der Waals surface area (Å²) in [5, 5.41) is 0.994. The van der Waals surface area contributed by atoms with E-state index in [1.54, 1.807) is 6.07 Å². The van der Waals surface area contributed by atoms with Crippen molar-refractivity contribution in [3.8, 4) is 5.75 Å². The zero-order valence-corrected chi connectivity index (χ0v) is 10.5. The second kappa shape index (κ2) is 4.82. The van der Waals surface area contributed by atoms with Gasteiger partial charge in [0.15, 0.2) is 0 Å². The molecule has 1 fully saturated rings. The number of hydrogen-bond acceptors (Lipinski definition) is 2. The smallest absolute Gasteiger partial charge is 0.140 e. The van der Waals surface area contributed by atoms with Crippen LogP contribution in [0.1, 0.15) is 25.7 Å². The molecule has 0 heterocycles. The summed E-state index contributed by atoms with van der Waals surface area (Å²) in [5.41, 5.74) is 5.56. The fourth-order valence-corrected chi connectivity index (χ4v) is 2.49. The third-order valence-electron chi connectivity index (χ3n) is 3.13. The maximum Gasteiger partial charge on any atom is 0.140 e. The van der Waals surface area contributed by atoms with Gasteiger partial charge in [-0.25, -0.2) is 0 Å². The van der Waals surface area contributed by atoms with E-state index in [0.717, 1.165) is 25.7 Å². The van der Waals surface area contributed by atoms with Crippen LogP contribution in [0.4, 0.5) is 0 Å². The molecule has 0 aliphatic heterocycles. The largest absolute Gasteiger partial charge is 0.484 e. The molecule has 1 aliphatic carbocycles. The molecule has 4 heteroatoms. The Morgan fingerprint density at radius 2 is 1.94 bits per heavy atom. The van der Waals surface area contributed by atoms with E-state index in [2.05, 4.69) is 0 Å². The topological polar surface area (TPSA) is 35.2 Å².